The van der Waals surface area contributed by atoms with Gasteiger partial charge in [-0.1, -0.05) is 30.3 Å². The molecule has 0 fully saturated rings. The predicted molar refractivity (Wildman–Crippen MR) is 99.4 cm³/mol. The second kappa shape index (κ2) is 7.19. The quantitative estimate of drug-likeness (QED) is 0.588. The highest BCUT2D eigenvalue weighted by Crippen LogP contribution is 2.36. The number of carbonyl (C=O) groups is 1. The van der Waals surface area contributed by atoms with Crippen molar-refractivity contribution in [3.05, 3.63) is 54.2 Å². The molecule has 0 aliphatic rings. The number of nitrogens with zero attached hydrogens (tertiary/aromatic N) is 1. The Labute approximate surface area is 145 Å². The van der Waals surface area contributed by atoms with Gasteiger partial charge in [-0.2, -0.15) is 0 Å². The van der Waals surface area contributed by atoms with Crippen molar-refractivity contribution >= 4 is 22.6 Å². The van der Waals surface area contributed by atoms with Crippen molar-refractivity contribution in [2.45, 2.75) is 13.5 Å². The minimum absolute atomic E-state index is 0.194. The molecule has 0 aliphatic carbocycles. The summed E-state index contributed by atoms with van der Waals surface area (Å²) in [5.41, 5.74) is 8.35. The van der Waals surface area contributed by atoms with E-state index in [9.17, 15) is 9.90 Å². The first-order valence-corrected chi connectivity index (χ1v) is 8.09. The molecule has 0 bridgehead atoms. The number of phenolic OH excluding ortho intramolecular Hbond substituents is 1. The first-order valence-electron chi connectivity index (χ1n) is 8.09. The highest BCUT2D eigenvalue weighted by Gasteiger charge is 2.12. The van der Waals surface area contributed by atoms with Gasteiger partial charge in [-0.3, -0.25) is 5.32 Å². The summed E-state index contributed by atoms with van der Waals surface area (Å²) in [7, 11) is 0. The third-order valence-electron chi connectivity index (χ3n) is 3.98. The number of para-hydroxylation sites is 1. The van der Waals surface area contributed by atoms with E-state index < -0.39 is 0 Å². The van der Waals surface area contributed by atoms with Gasteiger partial charge in [-0.25, -0.2) is 9.78 Å². The molecular formula is C19H20N4O2. The summed E-state index contributed by atoms with van der Waals surface area (Å²) in [6.07, 6.45) is 1.70. The van der Waals surface area contributed by atoms with E-state index in [4.69, 9.17) is 5.73 Å². The molecule has 128 valence electrons. The maximum absolute atomic E-state index is 11.8. The molecule has 0 atom stereocenters. The number of carbonyl (C=O) groups excluding carboxylic acids is 1. The summed E-state index contributed by atoms with van der Waals surface area (Å²) < 4.78 is 0. The van der Waals surface area contributed by atoms with E-state index in [0.717, 1.165) is 21.9 Å². The largest absolute Gasteiger partial charge is 0.507 e. The molecule has 0 radical (unpaired) electrons. The lowest BCUT2D eigenvalue weighted by Crippen LogP contribution is -2.28. The van der Waals surface area contributed by atoms with Crippen LogP contribution in [0.15, 0.2) is 48.7 Å². The molecule has 0 spiro atoms. The van der Waals surface area contributed by atoms with Gasteiger partial charge in [0.05, 0.1) is 0 Å². The molecule has 0 unspecified atom stereocenters. The molecule has 6 heteroatoms. The van der Waals surface area contributed by atoms with Crippen LogP contribution in [-0.2, 0) is 6.54 Å². The fourth-order valence-corrected chi connectivity index (χ4v) is 2.80. The lowest BCUT2D eigenvalue weighted by atomic mass is 9.95. The Hall–Kier alpha value is -3.12. The number of hydrogen-bond donors (Lipinski definition) is 4. The van der Waals surface area contributed by atoms with Crippen LogP contribution in [0.5, 0.6) is 5.75 Å². The fourth-order valence-electron chi connectivity index (χ4n) is 2.80. The second-order valence-corrected chi connectivity index (χ2v) is 5.59. The van der Waals surface area contributed by atoms with E-state index in [0.29, 0.717) is 24.5 Å². The van der Waals surface area contributed by atoms with E-state index in [1.54, 1.807) is 24.4 Å². The number of amides is 2. The third-order valence-corrected chi connectivity index (χ3v) is 3.98. The Balaban J connectivity index is 2.16. The van der Waals surface area contributed by atoms with Crippen LogP contribution in [0.25, 0.3) is 21.9 Å². The normalized spacial score (nSPS) is 10.6. The molecule has 0 saturated carbocycles. The van der Waals surface area contributed by atoms with Crippen LogP contribution in [0, 0.1) is 0 Å². The van der Waals surface area contributed by atoms with Gasteiger partial charge in [-0.15, -0.1) is 0 Å². The van der Waals surface area contributed by atoms with Gasteiger partial charge in [0, 0.05) is 30.2 Å². The van der Waals surface area contributed by atoms with Gasteiger partial charge < -0.3 is 16.2 Å². The first kappa shape index (κ1) is 16.7. The number of nitrogens with two attached hydrogens (primary N) is 1. The first-order chi connectivity index (χ1) is 12.1. The summed E-state index contributed by atoms with van der Waals surface area (Å²) >= 11 is 0. The van der Waals surface area contributed by atoms with Crippen molar-refractivity contribution in [3.8, 4) is 16.9 Å². The fraction of sp³-hybridized carbons (Fsp3) is 0.158. The summed E-state index contributed by atoms with van der Waals surface area (Å²) in [6, 6.07) is 12.5. The zero-order valence-corrected chi connectivity index (χ0v) is 13.9. The van der Waals surface area contributed by atoms with E-state index in [2.05, 4.69) is 15.6 Å². The Morgan fingerprint density at radius 2 is 1.96 bits per heavy atom. The van der Waals surface area contributed by atoms with Crippen molar-refractivity contribution in [1.82, 2.24) is 10.3 Å². The van der Waals surface area contributed by atoms with Crippen molar-refractivity contribution in [2.75, 3.05) is 11.9 Å². The SMILES string of the molecule is CCNC(=O)Nc1cc2c(-c3ccccc3O)ccc(CN)c2cn1. The monoisotopic (exact) mass is 336 g/mol. The Morgan fingerprint density at radius 1 is 1.16 bits per heavy atom. The van der Waals surface area contributed by atoms with Crippen LogP contribution in [0.1, 0.15) is 12.5 Å². The van der Waals surface area contributed by atoms with Crippen molar-refractivity contribution in [1.29, 1.82) is 0 Å². The standard InChI is InChI=1S/C19H20N4O2/c1-2-21-19(25)23-18-9-15-13(14-5-3-4-6-17(14)24)8-7-12(10-20)16(15)11-22-18/h3-9,11,24H,2,10,20H2,1H3,(H2,21,22,23,25). The number of anilines is 1. The van der Waals surface area contributed by atoms with Gasteiger partial charge in [0.1, 0.15) is 11.6 Å². The minimum Gasteiger partial charge on any atom is -0.507 e. The molecular weight excluding hydrogens is 316 g/mol. The van der Waals surface area contributed by atoms with Gasteiger partial charge in [0.25, 0.3) is 0 Å². The third kappa shape index (κ3) is 3.39. The smallest absolute Gasteiger partial charge is 0.320 e. The topological polar surface area (TPSA) is 100 Å². The molecule has 2 aromatic carbocycles. The van der Waals surface area contributed by atoms with E-state index in [1.807, 2.05) is 31.2 Å². The molecule has 25 heavy (non-hydrogen) atoms. The summed E-state index contributed by atoms with van der Waals surface area (Å²) in [5.74, 6) is 0.628. The van der Waals surface area contributed by atoms with Gasteiger partial charge in [-0.05, 0) is 35.6 Å². The molecule has 1 heterocycles. The number of fused-ring (bicyclic) bond motifs is 1. The molecule has 5 N–H and O–H groups in total. The van der Waals surface area contributed by atoms with E-state index in [-0.39, 0.29) is 11.8 Å². The molecule has 3 rings (SSSR count). The van der Waals surface area contributed by atoms with Crippen molar-refractivity contribution in [2.24, 2.45) is 5.73 Å². The van der Waals surface area contributed by atoms with Crippen LogP contribution in [0.3, 0.4) is 0 Å². The number of benzene rings is 2. The maximum Gasteiger partial charge on any atom is 0.320 e. The van der Waals surface area contributed by atoms with Crippen LogP contribution in [-0.4, -0.2) is 22.7 Å². The van der Waals surface area contributed by atoms with Gasteiger partial charge in [0.15, 0.2) is 0 Å². The minimum atomic E-state index is -0.312. The number of phenols is 1. The number of aromatic hydroxyl groups is 1. The highest BCUT2D eigenvalue weighted by atomic mass is 16.3. The number of urea groups is 1. The van der Waals surface area contributed by atoms with Gasteiger partial charge >= 0.3 is 6.03 Å². The second-order valence-electron chi connectivity index (χ2n) is 5.59. The van der Waals surface area contributed by atoms with Crippen LogP contribution in [0.2, 0.25) is 0 Å². The number of pyridine rings is 1. The van der Waals surface area contributed by atoms with Crippen LogP contribution < -0.4 is 16.4 Å². The summed E-state index contributed by atoms with van der Waals surface area (Å²) in [6.45, 7) is 2.75. The lowest BCUT2D eigenvalue weighted by molar-refractivity contribution is 0.252. The molecule has 2 amide bonds. The average Bonchev–Trinajstić information content (AvgIpc) is 2.61. The summed E-state index contributed by atoms with van der Waals surface area (Å²) in [4.78, 5) is 16.1. The molecule has 0 aliphatic heterocycles. The zero-order valence-electron chi connectivity index (χ0n) is 13.9. The van der Waals surface area contributed by atoms with Crippen LogP contribution in [0.4, 0.5) is 10.6 Å². The number of aromatic nitrogens is 1. The maximum atomic E-state index is 11.8. The highest BCUT2D eigenvalue weighted by molar-refractivity contribution is 6.01. The Kier molecular flexibility index (Phi) is 4.81. The van der Waals surface area contributed by atoms with E-state index in [1.165, 1.54) is 0 Å². The number of hydrogen-bond acceptors (Lipinski definition) is 4. The van der Waals surface area contributed by atoms with E-state index >= 15 is 0 Å². The summed E-state index contributed by atoms with van der Waals surface area (Å²) in [5, 5.41) is 17.4. The molecule has 6 nitrogen and oxygen atoms in total. The average molecular weight is 336 g/mol. The van der Waals surface area contributed by atoms with Crippen molar-refractivity contribution in [3.63, 3.8) is 0 Å². The van der Waals surface area contributed by atoms with Crippen molar-refractivity contribution < 1.29 is 9.90 Å². The molecule has 1 aromatic heterocycles. The predicted octanol–water partition coefficient (Wildman–Crippen LogP) is 3.21. The Morgan fingerprint density at radius 3 is 2.68 bits per heavy atom. The molecule has 0 saturated heterocycles. The van der Waals surface area contributed by atoms with Gasteiger partial charge in [0.2, 0.25) is 0 Å². The lowest BCUT2D eigenvalue weighted by Gasteiger charge is -2.13. The Bertz CT molecular complexity index is 924. The zero-order chi connectivity index (χ0) is 17.8. The molecule has 3 aromatic rings. The number of nitrogens with one attached hydrogen (secondary N) is 2. The number of rotatable bonds is 4. The van der Waals surface area contributed by atoms with Crippen LogP contribution >= 0.6 is 0 Å².